The molecule has 6 heteroatoms. The molecule has 0 aliphatic rings. The Balaban J connectivity index is 1.76. The van der Waals surface area contributed by atoms with Crippen LogP contribution in [0.1, 0.15) is 12.5 Å². The molecule has 0 aliphatic heterocycles. The molecule has 180 valence electrons. The van der Waals surface area contributed by atoms with Crippen LogP contribution in [0.4, 0.5) is 0 Å². The second-order valence-corrected chi connectivity index (χ2v) is 7.80. The Labute approximate surface area is 204 Å². The lowest BCUT2D eigenvalue weighted by Gasteiger charge is -2.20. The summed E-state index contributed by atoms with van der Waals surface area (Å²) in [6, 6.07) is 23.8. The first-order valence-corrected chi connectivity index (χ1v) is 11.3. The molecular weight excluding hydrogens is 444 g/mol. The summed E-state index contributed by atoms with van der Waals surface area (Å²) >= 11 is 0. The molecule has 0 bridgehead atoms. The van der Waals surface area contributed by atoms with Gasteiger partial charge in [-0.1, -0.05) is 48.5 Å². The van der Waals surface area contributed by atoms with Gasteiger partial charge in [0.05, 0.1) is 26.4 Å². The maximum absolute atomic E-state index is 11.3. The number of ether oxygens (including phenoxy) is 4. The average molecular weight is 473 g/mol. The Morgan fingerprint density at radius 3 is 2.03 bits per heavy atom. The summed E-state index contributed by atoms with van der Waals surface area (Å²) in [7, 11) is 3.12. The summed E-state index contributed by atoms with van der Waals surface area (Å²) in [5, 5.41) is 21.0. The molecule has 0 unspecified atom stereocenters. The minimum atomic E-state index is -0.0470. The number of phenols is 2. The zero-order valence-corrected chi connectivity index (χ0v) is 19.9. The van der Waals surface area contributed by atoms with Gasteiger partial charge in [-0.05, 0) is 53.9 Å². The number of methoxy groups -OCH3 is 2. The van der Waals surface area contributed by atoms with Crippen molar-refractivity contribution in [1.82, 2.24) is 0 Å². The zero-order valence-electron chi connectivity index (χ0n) is 19.9. The third-order valence-electron chi connectivity index (χ3n) is 5.59. The van der Waals surface area contributed by atoms with Crippen molar-refractivity contribution in [2.75, 3.05) is 20.8 Å². The number of aromatic hydroxyl groups is 2. The Morgan fingerprint density at radius 2 is 1.37 bits per heavy atom. The molecule has 0 fully saturated rings. The van der Waals surface area contributed by atoms with Gasteiger partial charge in [-0.3, -0.25) is 0 Å². The van der Waals surface area contributed by atoms with Crippen LogP contribution in [0, 0.1) is 0 Å². The van der Waals surface area contributed by atoms with Crippen molar-refractivity contribution in [3.8, 4) is 56.8 Å². The molecule has 35 heavy (non-hydrogen) atoms. The van der Waals surface area contributed by atoms with Crippen molar-refractivity contribution in [3.05, 3.63) is 84.4 Å². The molecule has 0 aliphatic carbocycles. The molecule has 0 spiro atoms. The molecule has 0 aromatic heterocycles. The normalized spacial score (nSPS) is 10.6. The highest BCUT2D eigenvalue weighted by Crippen LogP contribution is 2.50. The molecule has 4 aromatic carbocycles. The molecule has 0 radical (unpaired) electrons. The van der Waals surface area contributed by atoms with E-state index in [4.69, 9.17) is 18.9 Å². The van der Waals surface area contributed by atoms with Crippen LogP contribution in [0.3, 0.4) is 0 Å². The zero-order chi connectivity index (χ0) is 24.8. The number of benzene rings is 4. The Kier molecular flexibility index (Phi) is 7.31. The summed E-state index contributed by atoms with van der Waals surface area (Å²) in [5.41, 5.74) is 3.63. The lowest BCUT2D eigenvalue weighted by Crippen LogP contribution is -2.00. The predicted molar refractivity (Wildman–Crippen MR) is 136 cm³/mol. The molecule has 0 saturated heterocycles. The quantitative estimate of drug-likeness (QED) is 0.292. The first kappa shape index (κ1) is 23.8. The van der Waals surface area contributed by atoms with Gasteiger partial charge >= 0.3 is 0 Å². The molecular formula is C29H28O6. The third kappa shape index (κ3) is 5.11. The van der Waals surface area contributed by atoms with Crippen LogP contribution >= 0.6 is 0 Å². The van der Waals surface area contributed by atoms with Gasteiger partial charge in [-0.25, -0.2) is 0 Å². The van der Waals surface area contributed by atoms with E-state index in [-0.39, 0.29) is 11.5 Å². The highest BCUT2D eigenvalue weighted by atomic mass is 16.5. The minimum absolute atomic E-state index is 0.0470. The SMILES string of the molecule is CCOc1c(-c2ccc(O)cc2)cc(OC)c(-c2ccc(OCc3ccccc3)c(OC)c2)c1O. The maximum atomic E-state index is 11.3. The van der Waals surface area contributed by atoms with E-state index in [1.807, 2.05) is 55.5 Å². The lowest BCUT2D eigenvalue weighted by atomic mass is 9.96. The Hall–Kier alpha value is -4.32. The van der Waals surface area contributed by atoms with Gasteiger partial charge in [0.15, 0.2) is 23.0 Å². The van der Waals surface area contributed by atoms with Crippen LogP contribution < -0.4 is 18.9 Å². The highest BCUT2D eigenvalue weighted by molar-refractivity contribution is 5.88. The maximum Gasteiger partial charge on any atom is 0.170 e. The second kappa shape index (κ2) is 10.7. The summed E-state index contributed by atoms with van der Waals surface area (Å²) in [6.07, 6.45) is 0. The van der Waals surface area contributed by atoms with E-state index in [1.54, 1.807) is 44.6 Å². The Morgan fingerprint density at radius 1 is 0.686 bits per heavy atom. The van der Waals surface area contributed by atoms with Gasteiger partial charge in [0.2, 0.25) is 0 Å². The fourth-order valence-electron chi connectivity index (χ4n) is 3.89. The van der Waals surface area contributed by atoms with Gasteiger partial charge < -0.3 is 29.2 Å². The van der Waals surface area contributed by atoms with Crippen molar-refractivity contribution in [1.29, 1.82) is 0 Å². The minimum Gasteiger partial charge on any atom is -0.508 e. The molecule has 2 N–H and O–H groups in total. The predicted octanol–water partition coefficient (Wildman–Crippen LogP) is 6.43. The van der Waals surface area contributed by atoms with Crippen LogP contribution in [0.2, 0.25) is 0 Å². The summed E-state index contributed by atoms with van der Waals surface area (Å²) in [6.45, 7) is 2.62. The van der Waals surface area contributed by atoms with Crippen molar-refractivity contribution in [3.63, 3.8) is 0 Å². The first-order valence-electron chi connectivity index (χ1n) is 11.3. The van der Waals surface area contributed by atoms with Gasteiger partial charge in [-0.15, -0.1) is 0 Å². The van der Waals surface area contributed by atoms with Crippen molar-refractivity contribution in [2.45, 2.75) is 13.5 Å². The number of hydrogen-bond donors (Lipinski definition) is 2. The van der Waals surface area contributed by atoms with Gasteiger partial charge in [-0.2, -0.15) is 0 Å². The summed E-state index contributed by atoms with van der Waals surface area (Å²) in [5.74, 6) is 2.02. The van der Waals surface area contributed by atoms with Gasteiger partial charge in [0.1, 0.15) is 18.1 Å². The van der Waals surface area contributed by atoms with Crippen LogP contribution in [0.15, 0.2) is 78.9 Å². The van der Waals surface area contributed by atoms with Crippen LogP contribution in [-0.4, -0.2) is 31.0 Å². The van der Waals surface area contributed by atoms with E-state index < -0.39 is 0 Å². The summed E-state index contributed by atoms with van der Waals surface area (Å²) < 4.78 is 23.1. The van der Waals surface area contributed by atoms with E-state index in [1.165, 1.54) is 0 Å². The molecule has 4 rings (SSSR count). The first-order chi connectivity index (χ1) is 17.0. The molecule has 0 heterocycles. The molecule has 6 nitrogen and oxygen atoms in total. The monoisotopic (exact) mass is 472 g/mol. The van der Waals surface area contributed by atoms with E-state index in [2.05, 4.69) is 0 Å². The van der Waals surface area contributed by atoms with Gasteiger partial charge in [0.25, 0.3) is 0 Å². The topological polar surface area (TPSA) is 77.4 Å². The molecule has 0 saturated carbocycles. The van der Waals surface area contributed by atoms with Crippen molar-refractivity contribution < 1.29 is 29.2 Å². The highest BCUT2D eigenvalue weighted by Gasteiger charge is 2.23. The molecule has 0 amide bonds. The van der Waals surface area contributed by atoms with Crippen LogP contribution in [0.5, 0.6) is 34.5 Å². The second-order valence-electron chi connectivity index (χ2n) is 7.80. The number of phenolic OH excluding ortho intramolecular Hbond substituents is 2. The number of hydrogen-bond acceptors (Lipinski definition) is 6. The Bertz CT molecular complexity index is 1280. The van der Waals surface area contributed by atoms with E-state index in [0.717, 1.165) is 11.1 Å². The van der Waals surface area contributed by atoms with Crippen molar-refractivity contribution in [2.24, 2.45) is 0 Å². The summed E-state index contributed by atoms with van der Waals surface area (Å²) in [4.78, 5) is 0. The third-order valence-corrected chi connectivity index (χ3v) is 5.59. The fourth-order valence-corrected chi connectivity index (χ4v) is 3.89. The molecule has 4 aromatic rings. The van der Waals surface area contributed by atoms with Crippen LogP contribution in [-0.2, 0) is 6.61 Å². The lowest BCUT2D eigenvalue weighted by molar-refractivity contribution is 0.284. The van der Waals surface area contributed by atoms with E-state index in [9.17, 15) is 10.2 Å². The van der Waals surface area contributed by atoms with E-state index >= 15 is 0 Å². The molecule has 0 atom stereocenters. The van der Waals surface area contributed by atoms with E-state index in [0.29, 0.717) is 52.9 Å². The van der Waals surface area contributed by atoms with Gasteiger partial charge in [0, 0.05) is 5.56 Å². The van der Waals surface area contributed by atoms with Crippen molar-refractivity contribution >= 4 is 0 Å². The fraction of sp³-hybridized carbons (Fsp3) is 0.172. The number of rotatable bonds is 9. The standard InChI is InChI=1S/C29H28O6/c1-4-34-29-23(20-10-13-22(30)14-11-20)17-26(33-3)27(28(29)31)21-12-15-24(25(16-21)32-2)35-18-19-8-6-5-7-9-19/h5-17,30-31H,4,18H2,1-3H3. The smallest absolute Gasteiger partial charge is 0.170 e. The average Bonchev–Trinajstić information content (AvgIpc) is 2.89. The largest absolute Gasteiger partial charge is 0.508 e. The van der Waals surface area contributed by atoms with Crippen LogP contribution in [0.25, 0.3) is 22.3 Å².